The number of carbonyl (C=O) groups excluding carboxylic acids is 2. The summed E-state index contributed by atoms with van der Waals surface area (Å²) in [5, 5.41) is 3.34. The maximum Gasteiger partial charge on any atom is 0.346 e. The average Bonchev–Trinajstić information content (AvgIpc) is 2.45. The Morgan fingerprint density at radius 3 is 2.64 bits per heavy atom. The van der Waals surface area contributed by atoms with Gasteiger partial charge in [-0.3, -0.25) is 9.59 Å². The quantitative estimate of drug-likeness (QED) is 0.490. The van der Waals surface area contributed by atoms with Crippen LogP contribution in [0, 0.1) is 6.92 Å². The number of aromatic nitrogens is 2. The molecule has 1 aromatic rings. The molecule has 1 aliphatic rings. The van der Waals surface area contributed by atoms with Gasteiger partial charge in [0.25, 0.3) is 0 Å². The molecule has 7 heteroatoms. The van der Waals surface area contributed by atoms with E-state index in [0.717, 1.165) is 37.4 Å². The van der Waals surface area contributed by atoms with Crippen molar-refractivity contribution < 1.29 is 9.59 Å². The summed E-state index contributed by atoms with van der Waals surface area (Å²) in [6.45, 7) is 3.08. The zero-order chi connectivity index (χ0) is 16.1. The standard InChI is InChI=1S/C15H21N3O3S/c1-9-13(10(2)19)14(18-15(21)16-9)22-8-12(20)17-11-6-4-3-5-7-11/h11H,3-8H2,1-2H3,(H,17,20)(H,16,18,21). The van der Waals surface area contributed by atoms with Crippen molar-refractivity contribution in [3.05, 3.63) is 21.7 Å². The van der Waals surface area contributed by atoms with Crippen LogP contribution in [0.3, 0.4) is 0 Å². The topological polar surface area (TPSA) is 91.9 Å². The van der Waals surface area contributed by atoms with Gasteiger partial charge < -0.3 is 10.3 Å². The molecule has 1 fully saturated rings. The molecule has 0 radical (unpaired) electrons. The van der Waals surface area contributed by atoms with Crippen LogP contribution in [-0.4, -0.2) is 33.5 Å². The summed E-state index contributed by atoms with van der Waals surface area (Å²) in [6.07, 6.45) is 5.59. The summed E-state index contributed by atoms with van der Waals surface area (Å²) in [5.41, 5.74) is 0.371. The molecule has 1 aliphatic carbocycles. The molecule has 1 aromatic heterocycles. The van der Waals surface area contributed by atoms with E-state index < -0.39 is 5.69 Å². The molecule has 0 spiro atoms. The number of hydrogen-bond acceptors (Lipinski definition) is 5. The van der Waals surface area contributed by atoms with Crippen molar-refractivity contribution in [2.75, 3.05) is 5.75 Å². The summed E-state index contributed by atoms with van der Waals surface area (Å²) < 4.78 is 0. The number of H-pyrrole nitrogens is 1. The van der Waals surface area contributed by atoms with E-state index in [0.29, 0.717) is 16.3 Å². The van der Waals surface area contributed by atoms with Crippen molar-refractivity contribution in [2.24, 2.45) is 0 Å². The minimum absolute atomic E-state index is 0.0777. The summed E-state index contributed by atoms with van der Waals surface area (Å²) >= 11 is 1.14. The molecule has 0 aromatic carbocycles. The predicted molar refractivity (Wildman–Crippen MR) is 85.3 cm³/mol. The average molecular weight is 323 g/mol. The molecule has 2 rings (SSSR count). The molecular weight excluding hydrogens is 302 g/mol. The molecule has 0 atom stereocenters. The minimum atomic E-state index is -0.502. The highest BCUT2D eigenvalue weighted by molar-refractivity contribution is 8.00. The molecule has 1 amide bonds. The van der Waals surface area contributed by atoms with Gasteiger partial charge in [-0.25, -0.2) is 4.79 Å². The van der Waals surface area contributed by atoms with Crippen LogP contribution in [0.4, 0.5) is 0 Å². The van der Waals surface area contributed by atoms with Gasteiger partial charge in [0.2, 0.25) is 5.91 Å². The van der Waals surface area contributed by atoms with Gasteiger partial charge in [-0.15, -0.1) is 0 Å². The fourth-order valence-corrected chi connectivity index (χ4v) is 3.67. The largest absolute Gasteiger partial charge is 0.353 e. The maximum atomic E-state index is 12.0. The van der Waals surface area contributed by atoms with Crippen LogP contribution in [-0.2, 0) is 4.79 Å². The number of carbonyl (C=O) groups is 2. The first kappa shape index (κ1) is 16.7. The van der Waals surface area contributed by atoms with Gasteiger partial charge in [-0.2, -0.15) is 4.98 Å². The number of ketones is 1. The van der Waals surface area contributed by atoms with Gasteiger partial charge in [0.1, 0.15) is 5.03 Å². The second kappa shape index (κ2) is 7.58. The van der Waals surface area contributed by atoms with Crippen LogP contribution in [0.2, 0.25) is 0 Å². The number of nitrogens with zero attached hydrogens (tertiary/aromatic N) is 1. The van der Waals surface area contributed by atoms with Gasteiger partial charge in [0, 0.05) is 11.7 Å². The van der Waals surface area contributed by atoms with E-state index in [9.17, 15) is 14.4 Å². The predicted octanol–water partition coefficient (Wildman–Crippen LogP) is 1.82. The van der Waals surface area contributed by atoms with Crippen molar-refractivity contribution in [1.29, 1.82) is 0 Å². The van der Waals surface area contributed by atoms with E-state index in [2.05, 4.69) is 15.3 Å². The molecule has 0 bridgehead atoms. The van der Waals surface area contributed by atoms with Gasteiger partial charge in [0.05, 0.1) is 11.3 Å². The number of aryl methyl sites for hydroxylation is 1. The lowest BCUT2D eigenvalue weighted by Gasteiger charge is -2.22. The molecular formula is C15H21N3O3S. The molecule has 0 aliphatic heterocycles. The zero-order valence-corrected chi connectivity index (χ0v) is 13.7. The lowest BCUT2D eigenvalue weighted by molar-refractivity contribution is -0.119. The number of rotatable bonds is 5. The van der Waals surface area contributed by atoms with Crippen LogP contribution >= 0.6 is 11.8 Å². The smallest absolute Gasteiger partial charge is 0.346 e. The molecule has 6 nitrogen and oxygen atoms in total. The molecule has 1 saturated carbocycles. The van der Waals surface area contributed by atoms with E-state index in [-0.39, 0.29) is 23.5 Å². The number of thioether (sulfide) groups is 1. The van der Waals surface area contributed by atoms with Gasteiger partial charge in [-0.05, 0) is 26.7 Å². The normalized spacial score (nSPS) is 15.5. The number of nitrogens with one attached hydrogen (secondary N) is 2. The third-order valence-electron chi connectivity index (χ3n) is 3.75. The summed E-state index contributed by atoms with van der Waals surface area (Å²) in [4.78, 5) is 41.5. The molecule has 1 heterocycles. The Hall–Kier alpha value is -1.63. The summed E-state index contributed by atoms with van der Waals surface area (Å²) in [7, 11) is 0. The van der Waals surface area contributed by atoms with Crippen molar-refractivity contribution in [3.8, 4) is 0 Å². The Labute approximate surface area is 133 Å². The first-order valence-corrected chi connectivity index (χ1v) is 8.50. The molecule has 2 N–H and O–H groups in total. The molecule has 120 valence electrons. The third kappa shape index (κ3) is 4.43. The Morgan fingerprint density at radius 2 is 2.00 bits per heavy atom. The minimum Gasteiger partial charge on any atom is -0.353 e. The molecule has 0 saturated heterocycles. The fraction of sp³-hybridized carbons (Fsp3) is 0.600. The highest BCUT2D eigenvalue weighted by Gasteiger charge is 2.18. The maximum absolute atomic E-state index is 12.0. The summed E-state index contributed by atoms with van der Waals surface area (Å²) in [6, 6.07) is 0.253. The summed E-state index contributed by atoms with van der Waals surface area (Å²) in [5.74, 6) is -0.0882. The number of amides is 1. The fourth-order valence-electron chi connectivity index (χ4n) is 2.73. The first-order valence-electron chi connectivity index (χ1n) is 7.51. The Morgan fingerprint density at radius 1 is 1.32 bits per heavy atom. The van der Waals surface area contributed by atoms with Crippen LogP contribution < -0.4 is 11.0 Å². The number of aromatic amines is 1. The monoisotopic (exact) mass is 323 g/mol. The van der Waals surface area contributed by atoms with E-state index in [1.807, 2.05) is 0 Å². The van der Waals surface area contributed by atoms with Gasteiger partial charge >= 0.3 is 5.69 Å². The van der Waals surface area contributed by atoms with Crippen LogP contribution in [0.15, 0.2) is 9.82 Å². The van der Waals surface area contributed by atoms with Crippen molar-refractivity contribution >= 4 is 23.5 Å². The first-order chi connectivity index (χ1) is 10.5. The second-order valence-corrected chi connectivity index (χ2v) is 6.56. The molecule has 0 unspecified atom stereocenters. The lowest BCUT2D eigenvalue weighted by Crippen LogP contribution is -2.37. The zero-order valence-electron chi connectivity index (χ0n) is 12.9. The highest BCUT2D eigenvalue weighted by atomic mass is 32.2. The Kier molecular flexibility index (Phi) is 5.76. The van der Waals surface area contributed by atoms with Crippen LogP contribution in [0.5, 0.6) is 0 Å². The lowest BCUT2D eigenvalue weighted by atomic mass is 9.95. The van der Waals surface area contributed by atoms with Crippen molar-refractivity contribution in [2.45, 2.75) is 57.0 Å². The number of Topliss-reactive ketones (excluding diaryl/α,β-unsaturated/α-hetero) is 1. The number of hydrogen-bond donors (Lipinski definition) is 2. The second-order valence-electron chi connectivity index (χ2n) is 5.59. The SMILES string of the molecule is CC(=O)c1c(SCC(=O)NC2CCCCC2)nc(=O)[nH]c1C. The van der Waals surface area contributed by atoms with Crippen LogP contribution in [0.1, 0.15) is 55.1 Å². The van der Waals surface area contributed by atoms with Crippen molar-refractivity contribution in [1.82, 2.24) is 15.3 Å². The van der Waals surface area contributed by atoms with Gasteiger partial charge in [-0.1, -0.05) is 31.0 Å². The third-order valence-corrected chi connectivity index (χ3v) is 4.72. The van der Waals surface area contributed by atoms with E-state index in [4.69, 9.17) is 0 Å². The Balaban J connectivity index is 2.00. The highest BCUT2D eigenvalue weighted by Crippen LogP contribution is 2.22. The molecule has 22 heavy (non-hydrogen) atoms. The van der Waals surface area contributed by atoms with Crippen molar-refractivity contribution in [3.63, 3.8) is 0 Å². The van der Waals surface area contributed by atoms with Gasteiger partial charge in [0.15, 0.2) is 5.78 Å². The van der Waals surface area contributed by atoms with E-state index in [1.165, 1.54) is 13.3 Å². The van der Waals surface area contributed by atoms with E-state index >= 15 is 0 Å². The Bertz CT molecular complexity index is 621. The van der Waals surface area contributed by atoms with E-state index in [1.54, 1.807) is 6.92 Å². The van der Waals surface area contributed by atoms with Crippen LogP contribution in [0.25, 0.3) is 0 Å².